The third kappa shape index (κ3) is 4.43. The Labute approximate surface area is 156 Å². The molecule has 8 heteroatoms. The predicted octanol–water partition coefficient (Wildman–Crippen LogP) is 3.07. The number of thiophene rings is 1. The summed E-state index contributed by atoms with van der Waals surface area (Å²) in [5, 5.41) is 7.32. The molecule has 2 N–H and O–H groups in total. The Morgan fingerprint density at radius 3 is 3.12 bits per heavy atom. The maximum atomic E-state index is 12.5. The van der Waals surface area contributed by atoms with E-state index in [9.17, 15) is 4.79 Å². The first-order valence-electron chi connectivity index (χ1n) is 8.57. The molecule has 25 heavy (non-hydrogen) atoms. The van der Waals surface area contributed by atoms with Gasteiger partial charge in [0.25, 0.3) is 5.91 Å². The van der Waals surface area contributed by atoms with Gasteiger partial charge in [0.05, 0.1) is 16.4 Å². The molecule has 2 aromatic heterocycles. The number of ether oxygens (including phenoxy) is 1. The van der Waals surface area contributed by atoms with E-state index in [-0.39, 0.29) is 12.0 Å². The topological polar surface area (TPSA) is 76.1 Å². The number of nitrogens with one attached hydrogen (secondary N) is 2. The zero-order chi connectivity index (χ0) is 17.6. The van der Waals surface area contributed by atoms with Crippen LogP contribution in [0.25, 0.3) is 10.2 Å². The molecule has 3 heterocycles. The average Bonchev–Trinajstić information content (AvgIpc) is 3.25. The fourth-order valence-corrected chi connectivity index (χ4v) is 4.43. The number of anilines is 1. The maximum Gasteiger partial charge on any atom is 0.261 e. The molecule has 1 aliphatic heterocycles. The Balaban J connectivity index is 1.74. The largest absolute Gasteiger partial charge is 0.376 e. The van der Waals surface area contributed by atoms with Gasteiger partial charge in [0.2, 0.25) is 0 Å². The lowest BCUT2D eigenvalue weighted by Crippen LogP contribution is -2.24. The van der Waals surface area contributed by atoms with Crippen LogP contribution < -0.4 is 10.6 Å². The third-order valence-electron chi connectivity index (χ3n) is 4.27. The highest BCUT2D eigenvalue weighted by molar-refractivity contribution is 7.98. The SMILES string of the molecule is CSCCCNC(=O)c1sc2ncnc(NC[C@H]3CCCO3)c2c1C. The molecule has 6 nitrogen and oxygen atoms in total. The minimum absolute atomic E-state index is 0.0216. The molecule has 136 valence electrons. The molecule has 0 radical (unpaired) electrons. The molecule has 1 amide bonds. The smallest absolute Gasteiger partial charge is 0.261 e. The van der Waals surface area contributed by atoms with Crippen LogP contribution >= 0.6 is 23.1 Å². The number of aromatic nitrogens is 2. The van der Waals surface area contributed by atoms with Crippen LogP contribution in [-0.4, -0.2) is 53.7 Å². The van der Waals surface area contributed by atoms with Crippen LogP contribution in [0.1, 0.15) is 34.5 Å². The van der Waals surface area contributed by atoms with Crippen molar-refractivity contribution in [1.29, 1.82) is 0 Å². The van der Waals surface area contributed by atoms with Crippen molar-refractivity contribution >= 4 is 45.0 Å². The summed E-state index contributed by atoms with van der Waals surface area (Å²) in [6.07, 6.45) is 7.03. The highest BCUT2D eigenvalue weighted by Crippen LogP contribution is 2.33. The van der Waals surface area contributed by atoms with E-state index in [1.807, 2.05) is 6.92 Å². The number of fused-ring (bicyclic) bond motifs is 1. The van der Waals surface area contributed by atoms with Crippen LogP contribution in [0.5, 0.6) is 0 Å². The van der Waals surface area contributed by atoms with Crippen molar-refractivity contribution in [2.24, 2.45) is 0 Å². The lowest BCUT2D eigenvalue weighted by Gasteiger charge is -2.12. The normalized spacial score (nSPS) is 17.1. The highest BCUT2D eigenvalue weighted by Gasteiger charge is 2.20. The number of nitrogens with zero attached hydrogens (tertiary/aromatic N) is 2. The van der Waals surface area contributed by atoms with Gasteiger partial charge in [0.1, 0.15) is 17.0 Å². The number of rotatable bonds is 8. The first kappa shape index (κ1) is 18.4. The Morgan fingerprint density at radius 1 is 1.48 bits per heavy atom. The van der Waals surface area contributed by atoms with E-state index in [0.29, 0.717) is 6.54 Å². The molecule has 0 aromatic carbocycles. The molecule has 1 fully saturated rings. The summed E-state index contributed by atoms with van der Waals surface area (Å²) in [5.41, 5.74) is 0.942. The Morgan fingerprint density at radius 2 is 2.36 bits per heavy atom. The summed E-state index contributed by atoms with van der Waals surface area (Å²) >= 11 is 3.22. The monoisotopic (exact) mass is 380 g/mol. The Hall–Kier alpha value is -1.38. The summed E-state index contributed by atoms with van der Waals surface area (Å²) in [5.74, 6) is 1.82. The van der Waals surface area contributed by atoms with Crippen LogP contribution in [0.3, 0.4) is 0 Å². The second-order valence-corrected chi connectivity index (χ2v) is 8.06. The highest BCUT2D eigenvalue weighted by atomic mass is 32.2. The lowest BCUT2D eigenvalue weighted by atomic mass is 10.2. The first-order valence-corrected chi connectivity index (χ1v) is 10.8. The quantitative estimate of drug-likeness (QED) is 0.686. The van der Waals surface area contributed by atoms with Crippen molar-refractivity contribution in [3.63, 3.8) is 0 Å². The summed E-state index contributed by atoms with van der Waals surface area (Å²) in [7, 11) is 0. The number of carbonyl (C=O) groups excluding carboxylic acids is 1. The van der Waals surface area contributed by atoms with Crippen LogP contribution in [0, 0.1) is 6.92 Å². The average molecular weight is 381 g/mol. The third-order valence-corrected chi connectivity index (χ3v) is 6.16. The summed E-state index contributed by atoms with van der Waals surface area (Å²) < 4.78 is 5.66. The van der Waals surface area contributed by atoms with E-state index in [0.717, 1.165) is 64.6 Å². The fraction of sp³-hybridized carbons (Fsp3) is 0.588. The molecule has 0 bridgehead atoms. The van der Waals surface area contributed by atoms with Gasteiger partial charge in [0.15, 0.2) is 0 Å². The van der Waals surface area contributed by atoms with E-state index in [4.69, 9.17) is 4.74 Å². The van der Waals surface area contributed by atoms with Crippen molar-refractivity contribution < 1.29 is 9.53 Å². The molecule has 1 aliphatic rings. The van der Waals surface area contributed by atoms with Crippen molar-refractivity contribution in [3.05, 3.63) is 16.8 Å². The van der Waals surface area contributed by atoms with E-state index < -0.39 is 0 Å². The Bertz CT molecular complexity index is 729. The molecule has 0 unspecified atom stereocenters. The molecular formula is C17H24N4O2S2. The number of aryl methyl sites for hydroxylation is 1. The van der Waals surface area contributed by atoms with E-state index in [1.54, 1.807) is 18.1 Å². The number of thioether (sulfide) groups is 1. The second kappa shape index (κ2) is 8.82. The summed E-state index contributed by atoms with van der Waals surface area (Å²) in [4.78, 5) is 22.8. The van der Waals surface area contributed by atoms with Crippen molar-refractivity contribution in [2.45, 2.75) is 32.3 Å². The van der Waals surface area contributed by atoms with Gasteiger partial charge in [-0.2, -0.15) is 11.8 Å². The minimum atomic E-state index is -0.0216. The number of amides is 1. The number of hydrogen-bond acceptors (Lipinski definition) is 7. The first-order chi connectivity index (χ1) is 12.2. The molecule has 0 aliphatic carbocycles. The van der Waals surface area contributed by atoms with Gasteiger partial charge in [-0.05, 0) is 43.8 Å². The summed E-state index contributed by atoms with van der Waals surface area (Å²) in [6.45, 7) is 4.24. The van der Waals surface area contributed by atoms with Gasteiger partial charge in [-0.3, -0.25) is 4.79 Å². The van der Waals surface area contributed by atoms with Gasteiger partial charge >= 0.3 is 0 Å². The van der Waals surface area contributed by atoms with Gasteiger partial charge in [-0.25, -0.2) is 9.97 Å². The van der Waals surface area contributed by atoms with Gasteiger partial charge in [-0.15, -0.1) is 11.3 Å². The molecule has 0 saturated carbocycles. The van der Waals surface area contributed by atoms with Gasteiger partial charge in [0, 0.05) is 19.7 Å². The Kier molecular flexibility index (Phi) is 6.50. The summed E-state index contributed by atoms with van der Waals surface area (Å²) in [6, 6.07) is 0. The number of hydrogen-bond donors (Lipinski definition) is 2. The zero-order valence-electron chi connectivity index (χ0n) is 14.6. The molecule has 0 spiro atoms. The van der Waals surface area contributed by atoms with E-state index >= 15 is 0 Å². The molecule has 2 aromatic rings. The van der Waals surface area contributed by atoms with Crippen molar-refractivity contribution in [3.8, 4) is 0 Å². The standard InChI is InChI=1S/C17H24N4O2S2/c1-11-13-15(19-9-12-5-3-7-23-12)20-10-21-17(13)25-14(11)16(22)18-6-4-8-24-2/h10,12H,3-9H2,1-2H3,(H,18,22)(H,19,20,21)/t12-/m1/s1. The molecular weight excluding hydrogens is 356 g/mol. The van der Waals surface area contributed by atoms with Crippen LogP contribution in [-0.2, 0) is 4.74 Å². The molecule has 3 rings (SSSR count). The van der Waals surface area contributed by atoms with Gasteiger partial charge in [-0.1, -0.05) is 0 Å². The van der Waals surface area contributed by atoms with Gasteiger partial charge < -0.3 is 15.4 Å². The van der Waals surface area contributed by atoms with Crippen LogP contribution in [0.2, 0.25) is 0 Å². The second-order valence-electron chi connectivity index (χ2n) is 6.08. The number of carbonyl (C=O) groups is 1. The predicted molar refractivity (Wildman–Crippen MR) is 105 cm³/mol. The lowest BCUT2D eigenvalue weighted by molar-refractivity contribution is 0.0957. The van der Waals surface area contributed by atoms with Crippen LogP contribution in [0.4, 0.5) is 5.82 Å². The van der Waals surface area contributed by atoms with E-state index in [2.05, 4.69) is 26.9 Å². The minimum Gasteiger partial charge on any atom is -0.376 e. The maximum absolute atomic E-state index is 12.5. The molecule has 1 saturated heterocycles. The zero-order valence-corrected chi connectivity index (χ0v) is 16.3. The fourth-order valence-electron chi connectivity index (χ4n) is 2.94. The van der Waals surface area contributed by atoms with E-state index in [1.165, 1.54) is 11.3 Å². The van der Waals surface area contributed by atoms with Crippen molar-refractivity contribution in [2.75, 3.05) is 37.0 Å². The molecule has 1 atom stereocenters. The van der Waals surface area contributed by atoms with Crippen molar-refractivity contribution in [1.82, 2.24) is 15.3 Å². The van der Waals surface area contributed by atoms with Crippen LogP contribution in [0.15, 0.2) is 6.33 Å².